The molecule has 0 aliphatic carbocycles. The van der Waals surface area contributed by atoms with Gasteiger partial charge < -0.3 is 9.16 Å². The van der Waals surface area contributed by atoms with E-state index in [9.17, 15) is 0 Å². The molecule has 2 nitrogen and oxygen atoms in total. The lowest BCUT2D eigenvalue weighted by atomic mass is 10.3. The SMILES string of the molecule is CCO[Si](C)(C)COc1ccccc1. The second kappa shape index (κ2) is 5.17. The molecular weight excluding hydrogens is 192 g/mol. The third kappa shape index (κ3) is 3.94. The Labute approximate surface area is 87.0 Å². The first kappa shape index (κ1) is 11.3. The van der Waals surface area contributed by atoms with Crippen molar-refractivity contribution in [3.63, 3.8) is 0 Å². The quantitative estimate of drug-likeness (QED) is 0.696. The van der Waals surface area contributed by atoms with Crippen molar-refractivity contribution in [2.45, 2.75) is 20.0 Å². The van der Waals surface area contributed by atoms with E-state index in [0.717, 1.165) is 12.4 Å². The summed E-state index contributed by atoms with van der Waals surface area (Å²) in [5.74, 6) is 0.924. The Bertz CT molecular complexity index is 259. The monoisotopic (exact) mass is 210 g/mol. The Hall–Kier alpha value is -0.803. The van der Waals surface area contributed by atoms with E-state index < -0.39 is 8.32 Å². The minimum atomic E-state index is -1.61. The van der Waals surface area contributed by atoms with Gasteiger partial charge in [0.05, 0.1) is 0 Å². The van der Waals surface area contributed by atoms with Crippen molar-refractivity contribution in [2.75, 3.05) is 12.8 Å². The highest BCUT2D eigenvalue weighted by Gasteiger charge is 2.22. The van der Waals surface area contributed by atoms with Gasteiger partial charge in [-0.1, -0.05) is 18.2 Å². The summed E-state index contributed by atoms with van der Waals surface area (Å²) >= 11 is 0. The highest BCUT2D eigenvalue weighted by molar-refractivity contribution is 6.71. The van der Waals surface area contributed by atoms with Crippen LogP contribution in [0, 0.1) is 0 Å². The van der Waals surface area contributed by atoms with E-state index in [4.69, 9.17) is 9.16 Å². The molecular formula is C11H18O2Si. The predicted octanol–water partition coefficient (Wildman–Crippen LogP) is 2.85. The number of rotatable bonds is 5. The molecule has 14 heavy (non-hydrogen) atoms. The average molecular weight is 210 g/mol. The molecule has 1 aromatic rings. The average Bonchev–Trinajstić information content (AvgIpc) is 2.17. The summed E-state index contributed by atoms with van der Waals surface area (Å²) in [5.41, 5.74) is 0. The van der Waals surface area contributed by atoms with E-state index >= 15 is 0 Å². The highest BCUT2D eigenvalue weighted by Crippen LogP contribution is 2.12. The van der Waals surface area contributed by atoms with Gasteiger partial charge in [-0.3, -0.25) is 0 Å². The van der Waals surface area contributed by atoms with Crippen molar-refractivity contribution in [3.05, 3.63) is 30.3 Å². The Morgan fingerprint density at radius 1 is 1.14 bits per heavy atom. The van der Waals surface area contributed by atoms with Crippen molar-refractivity contribution >= 4 is 8.32 Å². The van der Waals surface area contributed by atoms with Crippen LogP contribution in [0.3, 0.4) is 0 Å². The van der Waals surface area contributed by atoms with Crippen molar-refractivity contribution in [1.82, 2.24) is 0 Å². The first-order chi connectivity index (χ1) is 6.64. The van der Waals surface area contributed by atoms with Gasteiger partial charge in [-0.25, -0.2) is 0 Å². The van der Waals surface area contributed by atoms with E-state index in [1.807, 2.05) is 37.3 Å². The molecule has 0 unspecified atom stereocenters. The van der Waals surface area contributed by atoms with E-state index in [1.54, 1.807) is 0 Å². The van der Waals surface area contributed by atoms with Gasteiger partial charge >= 0.3 is 0 Å². The molecule has 78 valence electrons. The number of para-hydroxylation sites is 1. The first-order valence-corrected chi connectivity index (χ1v) is 8.07. The van der Waals surface area contributed by atoms with Gasteiger partial charge in [-0.05, 0) is 32.2 Å². The molecule has 0 amide bonds. The number of hydrogen-bond donors (Lipinski definition) is 0. The molecule has 0 N–H and O–H groups in total. The summed E-state index contributed by atoms with van der Waals surface area (Å²) < 4.78 is 11.3. The normalized spacial score (nSPS) is 11.4. The summed E-state index contributed by atoms with van der Waals surface area (Å²) in [6.45, 7) is 7.13. The Balaban J connectivity index is 2.40. The second-order valence-corrected chi connectivity index (χ2v) is 7.89. The molecule has 0 saturated carbocycles. The summed E-state index contributed by atoms with van der Waals surface area (Å²) in [7, 11) is -1.61. The van der Waals surface area contributed by atoms with Crippen LogP contribution in [-0.2, 0) is 4.43 Å². The molecule has 0 radical (unpaired) electrons. The summed E-state index contributed by atoms with van der Waals surface area (Å²) in [6.07, 6.45) is 0.713. The fourth-order valence-corrected chi connectivity index (χ4v) is 2.59. The molecule has 0 bridgehead atoms. The maximum absolute atomic E-state index is 5.66. The Morgan fingerprint density at radius 2 is 1.79 bits per heavy atom. The zero-order valence-electron chi connectivity index (χ0n) is 9.12. The molecule has 0 atom stereocenters. The van der Waals surface area contributed by atoms with Gasteiger partial charge in [-0.2, -0.15) is 0 Å². The maximum Gasteiger partial charge on any atom is 0.224 e. The molecule has 0 fully saturated rings. The van der Waals surface area contributed by atoms with Crippen molar-refractivity contribution in [1.29, 1.82) is 0 Å². The molecule has 1 rings (SSSR count). The van der Waals surface area contributed by atoms with Crippen LogP contribution in [0.1, 0.15) is 6.92 Å². The summed E-state index contributed by atoms with van der Waals surface area (Å²) in [5, 5.41) is 0. The van der Waals surface area contributed by atoms with Gasteiger partial charge in [0.1, 0.15) is 12.0 Å². The van der Waals surface area contributed by atoms with Crippen molar-refractivity contribution in [2.24, 2.45) is 0 Å². The van der Waals surface area contributed by atoms with Crippen LogP contribution in [0.15, 0.2) is 30.3 Å². The highest BCUT2D eigenvalue weighted by atomic mass is 28.4. The van der Waals surface area contributed by atoms with Crippen molar-refractivity contribution in [3.8, 4) is 5.75 Å². The zero-order valence-corrected chi connectivity index (χ0v) is 10.1. The van der Waals surface area contributed by atoms with Crippen LogP contribution >= 0.6 is 0 Å². The van der Waals surface area contributed by atoms with Gasteiger partial charge in [0.2, 0.25) is 8.32 Å². The van der Waals surface area contributed by atoms with Crippen LogP contribution in [0.2, 0.25) is 13.1 Å². The number of hydrogen-bond acceptors (Lipinski definition) is 2. The largest absolute Gasteiger partial charge is 0.494 e. The fraction of sp³-hybridized carbons (Fsp3) is 0.455. The number of benzene rings is 1. The summed E-state index contributed by atoms with van der Waals surface area (Å²) in [6, 6.07) is 9.87. The van der Waals surface area contributed by atoms with Crippen LogP contribution in [0.25, 0.3) is 0 Å². The molecule has 3 heteroatoms. The molecule has 0 aliphatic rings. The first-order valence-electron chi connectivity index (χ1n) is 4.96. The molecule has 1 aromatic carbocycles. The van der Waals surface area contributed by atoms with Gasteiger partial charge in [0, 0.05) is 6.61 Å². The third-order valence-corrected chi connectivity index (χ3v) is 3.77. The van der Waals surface area contributed by atoms with Gasteiger partial charge in [0.25, 0.3) is 0 Å². The Morgan fingerprint density at radius 3 is 2.36 bits per heavy atom. The topological polar surface area (TPSA) is 18.5 Å². The van der Waals surface area contributed by atoms with Crippen molar-refractivity contribution < 1.29 is 9.16 Å². The summed E-state index contributed by atoms with van der Waals surface area (Å²) in [4.78, 5) is 0. The molecule has 0 saturated heterocycles. The zero-order chi connectivity index (χ0) is 10.4. The predicted molar refractivity (Wildman–Crippen MR) is 61.0 cm³/mol. The minimum absolute atomic E-state index is 0.713. The lowest BCUT2D eigenvalue weighted by molar-refractivity contribution is 0.284. The van der Waals surface area contributed by atoms with Crippen LogP contribution in [-0.4, -0.2) is 21.2 Å². The van der Waals surface area contributed by atoms with Crippen LogP contribution in [0.5, 0.6) is 5.75 Å². The van der Waals surface area contributed by atoms with E-state index in [2.05, 4.69) is 13.1 Å². The van der Waals surface area contributed by atoms with Gasteiger partial charge in [0.15, 0.2) is 0 Å². The molecule has 0 spiro atoms. The fourth-order valence-electron chi connectivity index (χ4n) is 1.21. The van der Waals surface area contributed by atoms with Crippen LogP contribution < -0.4 is 4.74 Å². The smallest absolute Gasteiger partial charge is 0.224 e. The lowest BCUT2D eigenvalue weighted by Gasteiger charge is -2.21. The maximum atomic E-state index is 5.66. The minimum Gasteiger partial charge on any atom is -0.494 e. The number of ether oxygens (including phenoxy) is 1. The standard InChI is InChI=1S/C11H18O2Si/c1-4-13-14(2,3)10-12-11-8-6-5-7-9-11/h5-9H,4,10H2,1-3H3. The molecule has 0 aliphatic heterocycles. The van der Waals surface area contributed by atoms with E-state index in [-0.39, 0.29) is 0 Å². The lowest BCUT2D eigenvalue weighted by Crippen LogP contribution is -2.38. The van der Waals surface area contributed by atoms with E-state index in [1.165, 1.54) is 0 Å². The Kier molecular flexibility index (Phi) is 4.16. The van der Waals surface area contributed by atoms with E-state index in [0.29, 0.717) is 6.23 Å². The van der Waals surface area contributed by atoms with Crippen LogP contribution in [0.4, 0.5) is 0 Å². The molecule has 0 aromatic heterocycles. The second-order valence-electron chi connectivity index (χ2n) is 3.79. The molecule has 0 heterocycles. The third-order valence-electron chi connectivity index (χ3n) is 1.86. The van der Waals surface area contributed by atoms with Gasteiger partial charge in [-0.15, -0.1) is 0 Å².